The van der Waals surface area contributed by atoms with Crippen LogP contribution in [0.15, 0.2) is 117 Å². The van der Waals surface area contributed by atoms with Crippen molar-refractivity contribution in [2.45, 2.75) is 160 Å². The molecule has 7 unspecified atom stereocenters. The van der Waals surface area contributed by atoms with Crippen molar-refractivity contribution in [1.29, 1.82) is 0 Å². The normalized spacial score (nSPS) is 15.2. The van der Waals surface area contributed by atoms with Gasteiger partial charge in [0.2, 0.25) is 0 Å². The molecule has 0 radical (unpaired) electrons. The highest BCUT2D eigenvalue weighted by Gasteiger charge is 2.47. The van der Waals surface area contributed by atoms with Crippen molar-refractivity contribution >= 4 is 82.2 Å². The minimum Gasteiger partial charge on any atom is -0.481 e. The fourth-order valence-electron chi connectivity index (χ4n) is 8.35. The van der Waals surface area contributed by atoms with Crippen molar-refractivity contribution in [3.05, 3.63) is 130 Å². The Balaban J connectivity index is 1.39. The molecule has 0 aromatic heterocycles. The number of aliphatic hydroxyl groups is 1. The van der Waals surface area contributed by atoms with E-state index in [1.54, 1.807) is 41.5 Å². The summed E-state index contributed by atoms with van der Waals surface area (Å²) in [6.07, 6.45) is 16.8. The minimum atomic E-state index is -3.72. The zero-order chi connectivity index (χ0) is 59.9. The van der Waals surface area contributed by atoms with Crippen LogP contribution in [0.2, 0.25) is 0 Å². The minimum absolute atomic E-state index is 0.368. The molecule has 440 valence electrons. The molecule has 0 aliphatic heterocycles. The summed E-state index contributed by atoms with van der Waals surface area (Å²) < 4.78 is 54.0. The van der Waals surface area contributed by atoms with E-state index in [-0.39, 0.29) is 0 Å². The molecule has 7 atom stereocenters. The van der Waals surface area contributed by atoms with Gasteiger partial charge in [0.25, 0.3) is 16.0 Å². The molecule has 4 aromatic carbocycles. The molecular formula is C57H84N9O8P4S3+3. The lowest BCUT2D eigenvalue weighted by atomic mass is 10.1. The first kappa shape index (κ1) is 69.0. The van der Waals surface area contributed by atoms with Gasteiger partial charge in [-0.2, -0.15) is 0 Å². The van der Waals surface area contributed by atoms with Crippen LogP contribution in [0.4, 0.5) is 0 Å². The van der Waals surface area contributed by atoms with Crippen LogP contribution in [0.1, 0.15) is 161 Å². The van der Waals surface area contributed by atoms with Crippen LogP contribution in [0.25, 0.3) is 10.4 Å². The van der Waals surface area contributed by atoms with E-state index < -0.39 is 55.7 Å². The smallest absolute Gasteiger partial charge is 0.362 e. The van der Waals surface area contributed by atoms with Crippen LogP contribution in [0, 0.1) is 0 Å². The summed E-state index contributed by atoms with van der Waals surface area (Å²) >= 11 is 18.4. The quantitative estimate of drug-likeness (QED) is 0.00854. The monoisotopic (exact) mass is 1240 g/mol. The fraction of sp³-hybridized carbons (Fsp3) is 0.526. The van der Waals surface area contributed by atoms with Crippen molar-refractivity contribution in [1.82, 2.24) is 14.3 Å². The van der Waals surface area contributed by atoms with Gasteiger partial charge in [-0.25, -0.2) is 0 Å². The van der Waals surface area contributed by atoms with Gasteiger partial charge in [0.15, 0.2) is 47.0 Å². The van der Waals surface area contributed by atoms with Crippen LogP contribution in [-0.2, 0) is 49.0 Å². The first-order valence-electron chi connectivity index (χ1n) is 27.3. The zero-order valence-electron chi connectivity index (χ0n) is 49.4. The Kier molecular flexibility index (Phi) is 28.2. The summed E-state index contributed by atoms with van der Waals surface area (Å²) in [5.41, 5.74) is 11.2. The lowest BCUT2D eigenvalue weighted by molar-refractivity contribution is 0.0835. The number of hydrogen-bond donors (Lipinski definition) is 1. The van der Waals surface area contributed by atoms with Gasteiger partial charge in [-0.15, -0.1) is 29.6 Å². The number of nitrogens with zero attached hydrogens (tertiary/aromatic N) is 9. The van der Waals surface area contributed by atoms with E-state index in [4.69, 9.17) is 73.6 Å². The first-order chi connectivity index (χ1) is 38.4. The number of rotatable bonds is 37. The Morgan fingerprint density at radius 2 is 0.914 bits per heavy atom. The van der Waals surface area contributed by atoms with Crippen LogP contribution in [-0.4, -0.2) is 95.2 Å². The summed E-state index contributed by atoms with van der Waals surface area (Å²) in [6, 6.07) is 29.8. The molecule has 4 aromatic rings. The van der Waals surface area contributed by atoms with Gasteiger partial charge in [-0.1, -0.05) is 71.4 Å². The summed E-state index contributed by atoms with van der Waals surface area (Å²) in [6.45, 7) is 12.3. The molecule has 0 bridgehead atoms. The second-order valence-corrected chi connectivity index (χ2v) is 32.3. The Bertz CT molecular complexity index is 2840. The number of aliphatic hydroxyl groups excluding tert-OH is 1. The van der Waals surface area contributed by atoms with Gasteiger partial charge in [-0.05, 0) is 150 Å². The maximum Gasteiger partial charge on any atom is 0.362 e. The van der Waals surface area contributed by atoms with Gasteiger partial charge in [0, 0.05) is 59.7 Å². The standard InChI is InChI=1S/C57H84N9O8P4S3/c1-14-17-20-22-41-57(8,77(81)66(11)61-43-45-23-31-50(32-24-45)72-55(6,62-63-58)39-21-18-15-2)74-52-35-27-47(28-36-52)44-60-65(10)76(80)56(7,40-19-16-3)73-51-33-25-46(26-34-51)42-59-64(9)75(79)54(4,5)71-49-37-29-48(30-38-49)53(67)78(68,69-12)70-13/h23-38,42-44,53,67H,14-22,39-41H2,1-13H3/q+3/b59-42+,60-44+,61-43+. The highest BCUT2D eigenvalue weighted by Crippen LogP contribution is 2.58. The second kappa shape index (κ2) is 33.1. The summed E-state index contributed by atoms with van der Waals surface area (Å²) in [4.78, 5) is 3.04. The molecule has 0 heterocycles. The number of hydrazone groups is 3. The molecule has 0 aliphatic rings. The molecule has 24 heteroatoms. The Morgan fingerprint density at radius 3 is 1.32 bits per heavy atom. The number of benzene rings is 4. The summed E-state index contributed by atoms with van der Waals surface area (Å²) in [7, 11) is 4.37. The van der Waals surface area contributed by atoms with E-state index in [1.807, 2.05) is 130 Å². The third-order valence-electron chi connectivity index (χ3n) is 13.2. The molecule has 0 fully saturated rings. The van der Waals surface area contributed by atoms with Crippen LogP contribution in [0.3, 0.4) is 0 Å². The molecule has 0 saturated carbocycles. The van der Waals surface area contributed by atoms with Crippen molar-refractivity contribution in [3.63, 3.8) is 0 Å². The number of unbranched alkanes of at least 4 members (excludes halogenated alkanes) is 6. The van der Waals surface area contributed by atoms with Gasteiger partial charge < -0.3 is 33.1 Å². The van der Waals surface area contributed by atoms with E-state index in [2.05, 4.69) is 49.7 Å². The number of hydrogen-bond acceptors (Lipinski definition) is 15. The van der Waals surface area contributed by atoms with Crippen molar-refractivity contribution in [2.75, 3.05) is 35.4 Å². The van der Waals surface area contributed by atoms with Crippen molar-refractivity contribution < 1.29 is 37.7 Å². The zero-order valence-corrected chi connectivity index (χ0v) is 55.4. The SMILES string of the molecule is CCCCCCC(C)(Oc1ccc(/C=N/N(C)[P+](=S)C(C)(CCCC)Oc2ccc(/C=N/N(C)[P+](=S)C(C)(C)Oc3ccc(C(O)P(=O)(OC)OC)cc3)cc2)cc1)[P+](=S)N(C)/N=C/c1ccc(OC(C)(CCCCC)N=[N+]=[N-])cc1. The van der Waals surface area contributed by atoms with E-state index in [1.165, 1.54) is 14.2 Å². The predicted molar refractivity (Wildman–Crippen MR) is 345 cm³/mol. The first-order valence-corrected chi connectivity index (χ1v) is 35.8. The van der Waals surface area contributed by atoms with Gasteiger partial charge in [0.05, 0.1) is 39.8 Å². The molecule has 0 aliphatic carbocycles. The molecule has 0 spiro atoms. The van der Waals surface area contributed by atoms with Gasteiger partial charge >= 0.3 is 28.1 Å². The molecule has 17 nitrogen and oxygen atoms in total. The average Bonchev–Trinajstić information content (AvgIpc) is 3.46. The average molecular weight is 1240 g/mol. The highest BCUT2D eigenvalue weighted by atomic mass is 32.4. The van der Waals surface area contributed by atoms with E-state index in [0.717, 1.165) is 87.3 Å². The van der Waals surface area contributed by atoms with Crippen LogP contribution in [0.5, 0.6) is 23.0 Å². The largest absolute Gasteiger partial charge is 0.481 e. The van der Waals surface area contributed by atoms with E-state index in [0.29, 0.717) is 35.0 Å². The van der Waals surface area contributed by atoms with Gasteiger partial charge in [-0.3, -0.25) is 4.57 Å². The number of ether oxygens (including phenoxy) is 4. The van der Waals surface area contributed by atoms with Gasteiger partial charge in [0.1, 0.15) is 23.0 Å². The number of azide groups is 1. The van der Waals surface area contributed by atoms with Crippen molar-refractivity contribution in [2.24, 2.45) is 20.4 Å². The molecular weight excluding hydrogens is 1160 g/mol. The maximum absolute atomic E-state index is 12.7. The summed E-state index contributed by atoms with van der Waals surface area (Å²) in [5, 5.41) is 26.7. The Labute approximate surface area is 499 Å². The molecule has 81 heavy (non-hydrogen) atoms. The van der Waals surface area contributed by atoms with Crippen LogP contribution < -0.4 is 18.9 Å². The third kappa shape index (κ3) is 21.2. The summed E-state index contributed by atoms with van der Waals surface area (Å²) in [5.74, 6) is 1.11. The Hall–Kier alpha value is -4.53. The van der Waals surface area contributed by atoms with Crippen molar-refractivity contribution in [3.8, 4) is 23.0 Å². The maximum atomic E-state index is 12.7. The highest BCUT2D eigenvalue weighted by molar-refractivity contribution is 8.05. The van der Waals surface area contributed by atoms with Crippen LogP contribution >= 0.6 is 28.1 Å². The van der Waals surface area contributed by atoms with E-state index in [9.17, 15) is 15.2 Å². The third-order valence-corrected chi connectivity index (χ3v) is 26.0. The molecule has 0 saturated heterocycles. The molecule has 1 N–H and O–H groups in total. The predicted octanol–water partition coefficient (Wildman–Crippen LogP) is 17.1. The fourth-order valence-corrected chi connectivity index (χ4v) is 14.3. The lowest BCUT2D eigenvalue weighted by Gasteiger charge is -2.25. The second-order valence-electron chi connectivity index (χ2n) is 20.5. The lowest BCUT2D eigenvalue weighted by Crippen LogP contribution is -2.31. The molecule has 4 rings (SSSR count). The van der Waals surface area contributed by atoms with E-state index >= 15 is 0 Å². The Morgan fingerprint density at radius 1 is 0.556 bits per heavy atom. The molecule has 0 amide bonds. The topological polar surface area (TPSA) is 188 Å².